The van der Waals surface area contributed by atoms with Crippen LogP contribution in [-0.4, -0.2) is 26.4 Å². The Morgan fingerprint density at radius 3 is 1.91 bits per heavy atom. The maximum atomic E-state index is 10.9. The smallest absolute Gasteiger partial charge is 0.549 e. The molecule has 0 aliphatic carbocycles. The van der Waals surface area contributed by atoms with Crippen molar-refractivity contribution in [3.8, 4) is 0 Å². The molecule has 0 radical (unpaired) electrons. The first-order valence-corrected chi connectivity index (χ1v) is 4.17. The van der Waals surface area contributed by atoms with E-state index in [1.165, 1.54) is 0 Å². The van der Waals surface area contributed by atoms with Crippen LogP contribution in [0, 0.1) is 0 Å². The second kappa shape index (κ2) is 6.74. The van der Waals surface area contributed by atoms with Crippen molar-refractivity contribution in [1.82, 2.24) is 0 Å². The Bertz CT molecular complexity index is 162. The summed E-state index contributed by atoms with van der Waals surface area (Å²) >= 11 is 0. The van der Waals surface area contributed by atoms with Gasteiger partial charge in [0, 0.05) is 14.2 Å². The summed E-state index contributed by atoms with van der Waals surface area (Å²) < 4.78 is 19.5. The van der Waals surface area contributed by atoms with Gasteiger partial charge in [-0.3, -0.25) is 4.57 Å². The van der Waals surface area contributed by atoms with E-state index in [0.717, 1.165) is 14.2 Å². The number of rotatable bonds is 4. The molecule has 7 heteroatoms. The van der Waals surface area contributed by atoms with Crippen molar-refractivity contribution in [3.63, 3.8) is 0 Å². The second-order valence-corrected chi connectivity index (χ2v) is 3.77. The third kappa shape index (κ3) is 6.42. The zero-order valence-corrected chi connectivity index (χ0v) is 10.7. The van der Waals surface area contributed by atoms with E-state index in [2.05, 4.69) is 9.05 Å². The van der Waals surface area contributed by atoms with Crippen LogP contribution in [0.25, 0.3) is 0 Å². The Balaban J connectivity index is 0. The molecule has 0 aromatic rings. The van der Waals surface area contributed by atoms with Crippen LogP contribution in [0.4, 0.5) is 0 Å². The molecule has 0 unspecified atom stereocenters. The number of carboxylic acid groups (broad SMARTS) is 1. The Hall–Kier alpha value is 1.26. The molecular weight excluding hydrogens is 198 g/mol. The summed E-state index contributed by atoms with van der Waals surface area (Å²) in [6.45, 7) is 0. The van der Waals surface area contributed by atoms with Gasteiger partial charge in [-0.05, 0) is 0 Å². The van der Waals surface area contributed by atoms with Crippen molar-refractivity contribution in [2.45, 2.75) is 0 Å². The van der Waals surface area contributed by atoms with Gasteiger partial charge in [0.25, 0.3) is 0 Å². The van der Waals surface area contributed by atoms with Crippen molar-refractivity contribution >= 4 is 13.6 Å². The number of carboxylic acids is 1. The first kappa shape index (κ1) is 14.8. The second-order valence-electron chi connectivity index (χ2n) is 1.51. The van der Waals surface area contributed by atoms with Crippen LogP contribution in [-0.2, 0) is 18.4 Å². The summed E-state index contributed by atoms with van der Waals surface area (Å²) in [7, 11) is -1.16. The third-order valence-electron chi connectivity index (χ3n) is 0.879. The minimum atomic E-state index is -3.40. The first-order chi connectivity index (χ1) is 4.54. The number of hydrogen-bond acceptors (Lipinski definition) is 5. The summed E-state index contributed by atoms with van der Waals surface area (Å²) in [5.41, 5.74) is 0. The third-order valence-corrected chi connectivity index (χ3v) is 2.64. The molecule has 0 aliphatic rings. The fourth-order valence-electron chi connectivity index (χ4n) is 0.362. The van der Waals surface area contributed by atoms with Gasteiger partial charge < -0.3 is 18.9 Å². The van der Waals surface area contributed by atoms with Crippen LogP contribution >= 0.6 is 7.60 Å². The zero-order chi connectivity index (χ0) is 8.20. The van der Waals surface area contributed by atoms with Crippen LogP contribution in [0.5, 0.6) is 0 Å². The van der Waals surface area contributed by atoms with Gasteiger partial charge in [-0.2, -0.15) is 0 Å². The molecule has 0 aromatic carbocycles. The average molecular weight is 206 g/mol. The molecule has 0 fully saturated rings. The predicted octanol–water partition coefficient (Wildman–Crippen LogP) is -3.77. The fourth-order valence-corrected chi connectivity index (χ4v) is 1.09. The molecule has 0 heterocycles. The summed E-state index contributed by atoms with van der Waals surface area (Å²) in [6.07, 6.45) is -0.708. The standard InChI is InChI=1S/C4H9O5P.K/c1-8-10(7,9-2)3-4(5)6;/h3H2,1-2H3,(H,5,6);/q;+1/p-1. The SMILES string of the molecule is COP(=O)(CC(=O)[O-])OC.[K+]. The van der Waals surface area contributed by atoms with E-state index in [1.54, 1.807) is 0 Å². The van der Waals surface area contributed by atoms with Gasteiger partial charge >= 0.3 is 59.0 Å². The Morgan fingerprint density at radius 1 is 1.45 bits per heavy atom. The molecule has 0 rings (SSSR count). The summed E-state index contributed by atoms with van der Waals surface area (Å²) in [5, 5.41) is 9.89. The maximum Gasteiger partial charge on any atom is 1.00 e. The van der Waals surface area contributed by atoms with Crippen LogP contribution in [0.2, 0.25) is 0 Å². The van der Waals surface area contributed by atoms with Gasteiger partial charge in [0.1, 0.15) is 0 Å². The predicted molar refractivity (Wildman–Crippen MR) is 31.5 cm³/mol. The minimum absolute atomic E-state index is 0. The Kier molecular flexibility index (Phi) is 9.04. The average Bonchev–Trinajstić information content (AvgIpc) is 1.87. The van der Waals surface area contributed by atoms with E-state index < -0.39 is 19.7 Å². The molecule has 0 N–H and O–H groups in total. The van der Waals surface area contributed by atoms with E-state index in [1.807, 2.05) is 0 Å². The quantitative estimate of drug-likeness (QED) is 0.348. The van der Waals surface area contributed by atoms with Gasteiger partial charge in [-0.1, -0.05) is 0 Å². The van der Waals surface area contributed by atoms with E-state index in [-0.39, 0.29) is 51.4 Å². The van der Waals surface area contributed by atoms with Gasteiger partial charge in [0.2, 0.25) is 0 Å². The van der Waals surface area contributed by atoms with Crippen LogP contribution in [0.3, 0.4) is 0 Å². The van der Waals surface area contributed by atoms with Crippen molar-refractivity contribution < 1.29 is 74.9 Å². The summed E-state index contributed by atoms with van der Waals surface area (Å²) in [5.74, 6) is -1.45. The Labute approximate surface area is 107 Å². The van der Waals surface area contributed by atoms with Crippen LogP contribution in [0.1, 0.15) is 0 Å². The van der Waals surface area contributed by atoms with Crippen molar-refractivity contribution in [3.05, 3.63) is 0 Å². The molecule has 0 bridgehead atoms. The van der Waals surface area contributed by atoms with Gasteiger partial charge in [0.05, 0.1) is 12.1 Å². The first-order valence-electron chi connectivity index (χ1n) is 2.44. The van der Waals surface area contributed by atoms with E-state index in [4.69, 9.17) is 0 Å². The zero-order valence-electron chi connectivity index (χ0n) is 6.70. The van der Waals surface area contributed by atoms with Gasteiger partial charge in [-0.15, -0.1) is 0 Å². The minimum Gasteiger partial charge on any atom is -0.549 e. The molecule has 0 aliphatic heterocycles. The molecule has 0 spiro atoms. The normalized spacial score (nSPS) is 10.4. The number of hydrogen-bond donors (Lipinski definition) is 0. The van der Waals surface area contributed by atoms with Crippen LogP contribution < -0.4 is 56.5 Å². The van der Waals surface area contributed by atoms with E-state index >= 15 is 0 Å². The molecule has 11 heavy (non-hydrogen) atoms. The summed E-state index contributed by atoms with van der Waals surface area (Å²) in [4.78, 5) is 9.89. The Morgan fingerprint density at radius 2 is 1.82 bits per heavy atom. The van der Waals surface area contributed by atoms with E-state index in [9.17, 15) is 14.5 Å². The van der Waals surface area contributed by atoms with Crippen molar-refractivity contribution in [1.29, 1.82) is 0 Å². The largest absolute Gasteiger partial charge is 1.00 e. The van der Waals surface area contributed by atoms with Crippen molar-refractivity contribution in [2.24, 2.45) is 0 Å². The monoisotopic (exact) mass is 206 g/mol. The number of carbonyl (C=O) groups is 1. The van der Waals surface area contributed by atoms with Gasteiger partial charge in [-0.25, -0.2) is 0 Å². The molecular formula is C4H8KO5P. The van der Waals surface area contributed by atoms with Gasteiger partial charge in [0.15, 0.2) is 0 Å². The number of carbonyl (C=O) groups excluding carboxylic acids is 1. The molecule has 0 amide bonds. The topological polar surface area (TPSA) is 75.7 Å². The molecule has 0 saturated heterocycles. The molecule has 5 nitrogen and oxygen atoms in total. The molecule has 0 aromatic heterocycles. The van der Waals surface area contributed by atoms with Crippen LogP contribution in [0.15, 0.2) is 0 Å². The molecule has 0 saturated carbocycles. The fraction of sp³-hybridized carbons (Fsp3) is 0.750. The van der Waals surface area contributed by atoms with Crippen molar-refractivity contribution in [2.75, 3.05) is 20.4 Å². The van der Waals surface area contributed by atoms with E-state index in [0.29, 0.717) is 0 Å². The molecule has 60 valence electrons. The maximum absolute atomic E-state index is 10.9. The number of aliphatic carboxylic acids is 1. The summed E-state index contributed by atoms with van der Waals surface area (Å²) in [6, 6.07) is 0. The molecule has 0 atom stereocenters.